The van der Waals surface area contributed by atoms with Crippen molar-refractivity contribution < 1.29 is 23.9 Å². The third kappa shape index (κ3) is 2.28. The maximum atomic E-state index is 12.7. The minimum atomic E-state index is -1.58. The standard InChI is InChI=1S/C15H22O5/c1-9(8-10(2)16)15(14(18)19-3)13(17)11-6-4-5-7-12(11)20-15/h9,11-12H,4-8H2,1-3H3/t9-,11?,12?,15-/m0/s1. The van der Waals surface area contributed by atoms with Crippen LogP contribution in [0.2, 0.25) is 0 Å². The van der Waals surface area contributed by atoms with E-state index >= 15 is 0 Å². The molecular weight excluding hydrogens is 260 g/mol. The topological polar surface area (TPSA) is 69.7 Å². The molecule has 0 aromatic heterocycles. The molecule has 1 aliphatic heterocycles. The predicted octanol–water partition coefficient (Wildman–Crippen LogP) is 1.67. The van der Waals surface area contributed by atoms with Crippen molar-refractivity contribution in [3.05, 3.63) is 0 Å². The number of esters is 1. The number of carbonyl (C=O) groups excluding carboxylic acids is 3. The summed E-state index contributed by atoms with van der Waals surface area (Å²) in [5.74, 6) is -1.64. The van der Waals surface area contributed by atoms with E-state index in [1.807, 2.05) is 0 Å². The second kappa shape index (κ2) is 5.64. The number of ketones is 2. The van der Waals surface area contributed by atoms with Gasteiger partial charge in [0, 0.05) is 18.3 Å². The molecule has 0 aromatic rings. The third-order valence-electron chi connectivity index (χ3n) is 4.52. The second-order valence-corrected chi connectivity index (χ2v) is 5.95. The number of ether oxygens (including phenoxy) is 2. The Balaban J connectivity index is 2.35. The number of fused-ring (bicyclic) bond motifs is 1. The van der Waals surface area contributed by atoms with Crippen LogP contribution in [-0.4, -0.2) is 36.4 Å². The molecule has 1 heterocycles. The van der Waals surface area contributed by atoms with E-state index < -0.39 is 17.5 Å². The molecule has 0 N–H and O–H groups in total. The van der Waals surface area contributed by atoms with Crippen LogP contribution in [0.25, 0.3) is 0 Å². The normalized spacial score (nSPS) is 34.5. The van der Waals surface area contributed by atoms with E-state index in [1.54, 1.807) is 6.92 Å². The highest BCUT2D eigenvalue weighted by atomic mass is 16.6. The zero-order valence-electron chi connectivity index (χ0n) is 12.3. The van der Waals surface area contributed by atoms with E-state index in [1.165, 1.54) is 14.0 Å². The molecule has 0 radical (unpaired) electrons. The van der Waals surface area contributed by atoms with Gasteiger partial charge in [0.25, 0.3) is 0 Å². The molecule has 0 bridgehead atoms. The van der Waals surface area contributed by atoms with Gasteiger partial charge in [-0.05, 0) is 19.8 Å². The molecule has 2 aliphatic rings. The molecule has 5 nitrogen and oxygen atoms in total. The first-order valence-electron chi connectivity index (χ1n) is 7.23. The molecule has 0 amide bonds. The Morgan fingerprint density at radius 2 is 2.05 bits per heavy atom. The zero-order chi connectivity index (χ0) is 14.9. The summed E-state index contributed by atoms with van der Waals surface area (Å²) in [7, 11) is 1.25. The number of carbonyl (C=O) groups is 3. The molecule has 2 unspecified atom stereocenters. The van der Waals surface area contributed by atoms with Crippen molar-refractivity contribution >= 4 is 17.5 Å². The van der Waals surface area contributed by atoms with Gasteiger partial charge < -0.3 is 14.3 Å². The van der Waals surface area contributed by atoms with Crippen LogP contribution in [0.4, 0.5) is 0 Å². The Kier molecular flexibility index (Phi) is 4.28. The number of methoxy groups -OCH3 is 1. The Labute approximate surface area is 119 Å². The van der Waals surface area contributed by atoms with Crippen LogP contribution in [-0.2, 0) is 23.9 Å². The van der Waals surface area contributed by atoms with Crippen LogP contribution >= 0.6 is 0 Å². The first-order valence-corrected chi connectivity index (χ1v) is 7.23. The van der Waals surface area contributed by atoms with E-state index in [2.05, 4.69) is 0 Å². The first kappa shape index (κ1) is 15.2. The largest absolute Gasteiger partial charge is 0.467 e. The van der Waals surface area contributed by atoms with Crippen LogP contribution < -0.4 is 0 Å². The van der Waals surface area contributed by atoms with Crippen LogP contribution in [0.3, 0.4) is 0 Å². The fourth-order valence-corrected chi connectivity index (χ4v) is 3.55. The Hall–Kier alpha value is -1.23. The van der Waals surface area contributed by atoms with Crippen molar-refractivity contribution in [2.45, 2.75) is 57.7 Å². The van der Waals surface area contributed by atoms with E-state index in [0.717, 1.165) is 25.7 Å². The fraction of sp³-hybridized carbons (Fsp3) is 0.800. The number of hydrogen-bond acceptors (Lipinski definition) is 5. The molecule has 2 fully saturated rings. The summed E-state index contributed by atoms with van der Waals surface area (Å²) in [6.07, 6.45) is 3.48. The maximum absolute atomic E-state index is 12.7. The highest BCUT2D eigenvalue weighted by Gasteiger charge is 2.62. The predicted molar refractivity (Wildman–Crippen MR) is 71.0 cm³/mol. The van der Waals surface area contributed by atoms with Gasteiger partial charge in [-0.2, -0.15) is 0 Å². The zero-order valence-corrected chi connectivity index (χ0v) is 12.3. The molecule has 20 heavy (non-hydrogen) atoms. The maximum Gasteiger partial charge on any atom is 0.346 e. The first-order chi connectivity index (χ1) is 9.43. The van der Waals surface area contributed by atoms with Crippen molar-refractivity contribution in [3.63, 3.8) is 0 Å². The summed E-state index contributed by atoms with van der Waals surface area (Å²) < 4.78 is 10.7. The Morgan fingerprint density at radius 3 is 2.60 bits per heavy atom. The molecule has 0 spiro atoms. The van der Waals surface area contributed by atoms with E-state index in [9.17, 15) is 14.4 Å². The van der Waals surface area contributed by atoms with Gasteiger partial charge >= 0.3 is 5.97 Å². The van der Waals surface area contributed by atoms with Gasteiger partial charge in [-0.15, -0.1) is 0 Å². The summed E-state index contributed by atoms with van der Waals surface area (Å²) in [6.45, 7) is 3.17. The summed E-state index contributed by atoms with van der Waals surface area (Å²) in [4.78, 5) is 36.3. The lowest BCUT2D eigenvalue weighted by Gasteiger charge is -2.30. The average Bonchev–Trinajstić information content (AvgIpc) is 2.72. The molecule has 1 saturated carbocycles. The molecule has 1 saturated heterocycles. The van der Waals surface area contributed by atoms with Crippen molar-refractivity contribution in [3.8, 4) is 0 Å². The molecule has 0 aromatic carbocycles. The van der Waals surface area contributed by atoms with Crippen LogP contribution in [0.1, 0.15) is 46.0 Å². The quantitative estimate of drug-likeness (QED) is 0.579. The van der Waals surface area contributed by atoms with Gasteiger partial charge in [0.1, 0.15) is 5.78 Å². The lowest BCUT2D eigenvalue weighted by molar-refractivity contribution is -0.178. The van der Waals surface area contributed by atoms with E-state index in [-0.39, 0.29) is 30.0 Å². The van der Waals surface area contributed by atoms with Gasteiger partial charge in [0.15, 0.2) is 5.78 Å². The molecule has 2 rings (SSSR count). The summed E-state index contributed by atoms with van der Waals surface area (Å²) in [6, 6.07) is 0. The number of Topliss-reactive ketones (excluding diaryl/α,β-unsaturated/α-hetero) is 2. The van der Waals surface area contributed by atoms with Crippen molar-refractivity contribution in [2.75, 3.05) is 7.11 Å². The van der Waals surface area contributed by atoms with Crippen molar-refractivity contribution in [1.82, 2.24) is 0 Å². The molecular formula is C15H22O5. The smallest absolute Gasteiger partial charge is 0.346 e. The van der Waals surface area contributed by atoms with Crippen LogP contribution in [0.15, 0.2) is 0 Å². The number of rotatable bonds is 4. The number of hydrogen-bond donors (Lipinski definition) is 0. The molecule has 4 atom stereocenters. The minimum Gasteiger partial charge on any atom is -0.467 e. The summed E-state index contributed by atoms with van der Waals surface area (Å²) in [5.41, 5.74) is -1.58. The highest BCUT2D eigenvalue weighted by molar-refractivity contribution is 6.10. The molecule has 112 valence electrons. The van der Waals surface area contributed by atoms with Gasteiger partial charge in [-0.3, -0.25) is 4.79 Å². The monoisotopic (exact) mass is 282 g/mol. The van der Waals surface area contributed by atoms with Gasteiger partial charge in [-0.25, -0.2) is 4.79 Å². The van der Waals surface area contributed by atoms with Crippen LogP contribution in [0.5, 0.6) is 0 Å². The Bertz CT molecular complexity index is 430. The van der Waals surface area contributed by atoms with E-state index in [0.29, 0.717) is 0 Å². The third-order valence-corrected chi connectivity index (χ3v) is 4.52. The molecule has 1 aliphatic carbocycles. The SMILES string of the molecule is COC(=O)[C@@]1([C@@H](C)CC(C)=O)OC2CCCCC2C1=O. The summed E-state index contributed by atoms with van der Waals surface area (Å²) >= 11 is 0. The highest BCUT2D eigenvalue weighted by Crippen LogP contribution is 2.45. The average molecular weight is 282 g/mol. The minimum absolute atomic E-state index is 0.0629. The van der Waals surface area contributed by atoms with Crippen LogP contribution in [0, 0.1) is 11.8 Å². The lowest BCUT2D eigenvalue weighted by atomic mass is 9.76. The lowest BCUT2D eigenvalue weighted by Crippen LogP contribution is -2.52. The van der Waals surface area contributed by atoms with E-state index in [4.69, 9.17) is 9.47 Å². The van der Waals surface area contributed by atoms with Gasteiger partial charge in [-0.1, -0.05) is 19.8 Å². The second-order valence-electron chi connectivity index (χ2n) is 5.95. The van der Waals surface area contributed by atoms with Gasteiger partial charge in [0.2, 0.25) is 5.60 Å². The van der Waals surface area contributed by atoms with Crippen molar-refractivity contribution in [2.24, 2.45) is 11.8 Å². The van der Waals surface area contributed by atoms with Crippen molar-refractivity contribution in [1.29, 1.82) is 0 Å². The summed E-state index contributed by atoms with van der Waals surface area (Å²) in [5, 5.41) is 0. The van der Waals surface area contributed by atoms with Gasteiger partial charge in [0.05, 0.1) is 13.2 Å². The molecule has 5 heteroatoms. The Morgan fingerprint density at radius 1 is 1.40 bits per heavy atom. The fourth-order valence-electron chi connectivity index (χ4n) is 3.55.